The third-order valence-corrected chi connectivity index (χ3v) is 4.90. The van der Waals surface area contributed by atoms with Crippen molar-refractivity contribution in [2.45, 2.75) is 39.7 Å². The van der Waals surface area contributed by atoms with Crippen LogP contribution in [-0.2, 0) is 11.2 Å². The molecule has 1 aliphatic rings. The molecule has 118 valence electrons. The lowest BCUT2D eigenvalue weighted by molar-refractivity contribution is 0.0623. The van der Waals surface area contributed by atoms with Crippen LogP contribution in [0.4, 0.5) is 4.39 Å². The molecule has 1 saturated heterocycles. The SMILES string of the molecule is CC(C)CNCC1(Cc2cc(Br)ccc2F)CCOC1C. The topological polar surface area (TPSA) is 21.3 Å². The molecule has 4 heteroatoms. The summed E-state index contributed by atoms with van der Waals surface area (Å²) in [5, 5.41) is 3.54. The molecule has 21 heavy (non-hydrogen) atoms. The molecule has 0 aliphatic carbocycles. The number of ether oxygens (including phenoxy) is 1. The number of halogens is 2. The van der Waals surface area contributed by atoms with E-state index < -0.39 is 0 Å². The zero-order valence-electron chi connectivity index (χ0n) is 13.1. The predicted molar refractivity (Wildman–Crippen MR) is 88.0 cm³/mol. The first-order valence-corrected chi connectivity index (χ1v) is 8.48. The van der Waals surface area contributed by atoms with E-state index in [-0.39, 0.29) is 17.3 Å². The lowest BCUT2D eigenvalue weighted by Gasteiger charge is -2.33. The van der Waals surface area contributed by atoms with Gasteiger partial charge in [0.15, 0.2) is 0 Å². The summed E-state index contributed by atoms with van der Waals surface area (Å²) in [6.45, 7) is 9.12. The molecule has 0 saturated carbocycles. The highest BCUT2D eigenvalue weighted by molar-refractivity contribution is 9.10. The normalized spacial score (nSPS) is 25.7. The molecule has 0 aromatic heterocycles. The Labute approximate surface area is 135 Å². The second kappa shape index (κ2) is 7.21. The van der Waals surface area contributed by atoms with Gasteiger partial charge in [0, 0.05) is 23.0 Å². The zero-order valence-corrected chi connectivity index (χ0v) is 14.7. The Bertz CT molecular complexity index is 480. The van der Waals surface area contributed by atoms with E-state index in [2.05, 4.69) is 42.0 Å². The minimum Gasteiger partial charge on any atom is -0.378 e. The fraction of sp³-hybridized carbons (Fsp3) is 0.647. The van der Waals surface area contributed by atoms with Crippen molar-refractivity contribution in [1.29, 1.82) is 0 Å². The van der Waals surface area contributed by atoms with Crippen LogP contribution < -0.4 is 5.32 Å². The van der Waals surface area contributed by atoms with Crippen molar-refractivity contribution >= 4 is 15.9 Å². The highest BCUT2D eigenvalue weighted by Gasteiger charge is 2.41. The summed E-state index contributed by atoms with van der Waals surface area (Å²) < 4.78 is 20.8. The Morgan fingerprint density at radius 3 is 2.86 bits per heavy atom. The third-order valence-electron chi connectivity index (χ3n) is 4.41. The molecule has 1 fully saturated rings. The molecule has 1 aliphatic heterocycles. The Kier molecular flexibility index (Phi) is 5.81. The first kappa shape index (κ1) is 16.9. The van der Waals surface area contributed by atoms with Gasteiger partial charge in [-0.2, -0.15) is 0 Å². The van der Waals surface area contributed by atoms with E-state index in [0.717, 1.165) is 36.2 Å². The third kappa shape index (κ3) is 4.27. The van der Waals surface area contributed by atoms with E-state index in [0.29, 0.717) is 12.3 Å². The lowest BCUT2D eigenvalue weighted by Crippen LogP contribution is -2.42. The second-order valence-corrected chi connectivity index (χ2v) is 7.48. The van der Waals surface area contributed by atoms with Crippen LogP contribution in [0, 0.1) is 17.2 Å². The standard InChI is InChI=1S/C17H25BrFNO/c1-12(2)10-20-11-17(6-7-21-13(17)3)9-14-8-15(18)4-5-16(14)19/h4-5,8,12-13,20H,6-7,9-11H2,1-3H3. The van der Waals surface area contributed by atoms with Crippen molar-refractivity contribution in [3.05, 3.63) is 34.1 Å². The summed E-state index contributed by atoms with van der Waals surface area (Å²) in [5.74, 6) is 0.489. The molecule has 1 aromatic carbocycles. The Hall–Kier alpha value is -0.450. The predicted octanol–water partition coefficient (Wildman–Crippen LogP) is 4.17. The molecule has 1 N–H and O–H groups in total. The van der Waals surface area contributed by atoms with Crippen LogP contribution in [-0.4, -0.2) is 25.8 Å². The number of rotatable bonds is 6. The van der Waals surface area contributed by atoms with Crippen LogP contribution in [0.5, 0.6) is 0 Å². The van der Waals surface area contributed by atoms with Gasteiger partial charge in [-0.3, -0.25) is 0 Å². The maximum absolute atomic E-state index is 14.1. The Balaban J connectivity index is 2.14. The number of hydrogen-bond acceptors (Lipinski definition) is 2. The highest BCUT2D eigenvalue weighted by atomic mass is 79.9. The molecule has 2 unspecified atom stereocenters. The summed E-state index contributed by atoms with van der Waals surface area (Å²) in [4.78, 5) is 0. The fourth-order valence-electron chi connectivity index (χ4n) is 3.01. The van der Waals surface area contributed by atoms with Gasteiger partial charge in [-0.25, -0.2) is 4.39 Å². The molecule has 2 atom stereocenters. The monoisotopic (exact) mass is 357 g/mol. The van der Waals surface area contributed by atoms with Crippen molar-refractivity contribution in [1.82, 2.24) is 5.32 Å². The maximum atomic E-state index is 14.1. The van der Waals surface area contributed by atoms with Gasteiger partial charge in [0.25, 0.3) is 0 Å². The fourth-order valence-corrected chi connectivity index (χ4v) is 3.42. The first-order chi connectivity index (χ1) is 9.93. The molecule has 0 bridgehead atoms. The van der Waals surface area contributed by atoms with Gasteiger partial charge in [0.1, 0.15) is 5.82 Å². The van der Waals surface area contributed by atoms with Crippen LogP contribution in [0.15, 0.2) is 22.7 Å². The molecule has 2 nitrogen and oxygen atoms in total. The molecular formula is C17H25BrFNO. The summed E-state index contributed by atoms with van der Waals surface area (Å²) >= 11 is 3.44. The summed E-state index contributed by atoms with van der Waals surface area (Å²) in [6.07, 6.45) is 1.84. The number of benzene rings is 1. The summed E-state index contributed by atoms with van der Waals surface area (Å²) in [7, 11) is 0. The minimum absolute atomic E-state index is 0.0173. The van der Waals surface area contributed by atoms with Gasteiger partial charge in [-0.05, 0) is 56.0 Å². The second-order valence-electron chi connectivity index (χ2n) is 6.56. The molecule has 0 radical (unpaired) electrons. The van der Waals surface area contributed by atoms with Gasteiger partial charge in [-0.15, -0.1) is 0 Å². The minimum atomic E-state index is -0.125. The van der Waals surface area contributed by atoms with Crippen molar-refractivity contribution in [2.24, 2.45) is 11.3 Å². The molecule has 2 rings (SSSR count). The molecule has 1 heterocycles. The van der Waals surface area contributed by atoms with Crippen molar-refractivity contribution < 1.29 is 9.13 Å². The van der Waals surface area contributed by atoms with Gasteiger partial charge in [-0.1, -0.05) is 29.8 Å². The van der Waals surface area contributed by atoms with Crippen LogP contribution >= 0.6 is 15.9 Å². The van der Waals surface area contributed by atoms with E-state index in [9.17, 15) is 4.39 Å². The molecule has 1 aromatic rings. The summed E-state index contributed by atoms with van der Waals surface area (Å²) in [5.41, 5.74) is 0.754. The van der Waals surface area contributed by atoms with E-state index in [4.69, 9.17) is 4.74 Å². The summed E-state index contributed by atoms with van der Waals surface area (Å²) in [6, 6.07) is 5.18. The van der Waals surface area contributed by atoms with Crippen LogP contribution in [0.25, 0.3) is 0 Å². The Morgan fingerprint density at radius 1 is 1.48 bits per heavy atom. The number of hydrogen-bond donors (Lipinski definition) is 1. The quantitative estimate of drug-likeness (QED) is 0.824. The van der Waals surface area contributed by atoms with Crippen LogP contribution in [0.3, 0.4) is 0 Å². The van der Waals surface area contributed by atoms with Gasteiger partial charge >= 0.3 is 0 Å². The highest BCUT2D eigenvalue weighted by Crippen LogP contribution is 2.38. The van der Waals surface area contributed by atoms with E-state index in [1.807, 2.05) is 6.07 Å². The zero-order chi connectivity index (χ0) is 15.5. The van der Waals surface area contributed by atoms with Crippen molar-refractivity contribution in [3.8, 4) is 0 Å². The van der Waals surface area contributed by atoms with Crippen LogP contribution in [0.2, 0.25) is 0 Å². The van der Waals surface area contributed by atoms with Crippen LogP contribution in [0.1, 0.15) is 32.8 Å². The lowest BCUT2D eigenvalue weighted by atomic mass is 9.76. The molecule has 0 spiro atoms. The van der Waals surface area contributed by atoms with Crippen molar-refractivity contribution in [3.63, 3.8) is 0 Å². The number of nitrogens with one attached hydrogen (secondary N) is 1. The van der Waals surface area contributed by atoms with Gasteiger partial charge in [0.05, 0.1) is 6.10 Å². The smallest absolute Gasteiger partial charge is 0.126 e. The largest absolute Gasteiger partial charge is 0.378 e. The Morgan fingerprint density at radius 2 is 2.24 bits per heavy atom. The molecule has 0 amide bonds. The van der Waals surface area contributed by atoms with Gasteiger partial charge in [0.2, 0.25) is 0 Å². The average Bonchev–Trinajstić information content (AvgIpc) is 2.75. The maximum Gasteiger partial charge on any atom is 0.126 e. The van der Waals surface area contributed by atoms with E-state index in [1.54, 1.807) is 6.07 Å². The average molecular weight is 358 g/mol. The van der Waals surface area contributed by atoms with E-state index >= 15 is 0 Å². The van der Waals surface area contributed by atoms with Crippen molar-refractivity contribution in [2.75, 3.05) is 19.7 Å². The van der Waals surface area contributed by atoms with E-state index in [1.165, 1.54) is 6.07 Å². The van der Waals surface area contributed by atoms with Gasteiger partial charge < -0.3 is 10.1 Å². The first-order valence-electron chi connectivity index (χ1n) is 7.69. The molecular weight excluding hydrogens is 333 g/mol.